The number of carboxylic acids is 1. The first-order chi connectivity index (χ1) is 63.6. The lowest BCUT2D eigenvalue weighted by molar-refractivity contribution is -0.142. The summed E-state index contributed by atoms with van der Waals surface area (Å²) in [7, 11) is 0. The number of carbonyl (C=O) groups is 7. The van der Waals surface area contributed by atoms with Crippen LogP contribution in [0.25, 0.3) is 39.0 Å². The number of phenolic OH excluding ortho intramolecular Hbond substituents is 1. The third kappa shape index (κ3) is 23.8. The van der Waals surface area contributed by atoms with Crippen LogP contribution in [0.4, 0.5) is 9.59 Å². The fourth-order valence-electron chi connectivity index (χ4n) is 18.2. The number of hydrogen-bond acceptors (Lipinski definition) is 15. The number of aliphatic carboxylic acids is 1. The Labute approximate surface area is 833 Å². The van der Waals surface area contributed by atoms with E-state index in [4.69, 9.17) is 102 Å². The van der Waals surface area contributed by atoms with Gasteiger partial charge < -0.3 is 38.6 Å². The number of halogens is 9. The van der Waals surface area contributed by atoms with E-state index < -0.39 is 29.3 Å². The number of aryl methyl sites for hydroxylation is 5. The van der Waals surface area contributed by atoms with Crippen molar-refractivity contribution >= 4 is 174 Å². The number of amides is 2. The van der Waals surface area contributed by atoms with Crippen molar-refractivity contribution < 1.29 is 72.2 Å². The molecule has 27 heteroatoms. The van der Waals surface area contributed by atoms with Crippen LogP contribution in [0, 0.1) is 0 Å². The smallest absolute Gasteiger partial charge is 0.411 e. The van der Waals surface area contributed by atoms with Crippen LogP contribution in [-0.2, 0) is 78.1 Å². The Bertz CT molecular complexity index is 6320. The summed E-state index contributed by atoms with van der Waals surface area (Å²) >= 11 is 43.7. The molecule has 18 nitrogen and oxygen atoms in total. The number of fused-ring (bicyclic) bond motifs is 15. The fraction of sp³-hybridized carbons (Fsp3) is 0.340. The zero-order valence-corrected chi connectivity index (χ0v) is 84.6. The van der Waals surface area contributed by atoms with Gasteiger partial charge in [0.1, 0.15) is 72.4 Å². The first-order valence-electron chi connectivity index (χ1n) is 44.6. The van der Waals surface area contributed by atoms with Gasteiger partial charge in [-0.05, 0) is 343 Å². The number of allylic oxidation sites excluding steroid dienone is 2. The summed E-state index contributed by atoms with van der Waals surface area (Å²) in [5.41, 5.74) is 25.0. The van der Waals surface area contributed by atoms with Crippen molar-refractivity contribution in [3.05, 3.63) is 287 Å². The van der Waals surface area contributed by atoms with Crippen molar-refractivity contribution in [3.8, 4) is 62.1 Å². The predicted octanol–water partition coefficient (Wildman–Crippen LogP) is 28.6. The zero-order valence-electron chi connectivity index (χ0n) is 74.4. The van der Waals surface area contributed by atoms with Crippen molar-refractivity contribution in [2.24, 2.45) is 4.99 Å². The number of alkyl halides is 2. The number of phenols is 1. The molecule has 0 saturated carbocycles. The SMILES string of the molecule is CC(C)(C)OC(=O)N1CCC[C@H]1C(=O)O.CC(C)(C)OC(=O)N1CCC[C@H]1C1=NC2=C(C1)c1cc3c(cc1CC2)-c1ccc(Cl)cc1CO3.Clc1ccc(Br)c(CBr)c1.O=C1CCCc2cc3c(cc21)OCc1cc(Cl)ccc1-3.O=C1CCCc2ccc(O)cc21.O=C1CCCc2ccc(OCc3cc(Cl)ccc3Br)cc21.O=C1c2cc3c(cc2CCC1Br)-c1ccc(Cl)cc1CO3. The number of ketones is 4. The number of aromatic hydroxyl groups is 1. The summed E-state index contributed by atoms with van der Waals surface area (Å²) < 4.78 is 36.4. The largest absolute Gasteiger partial charge is 0.508 e. The molecule has 2 N–H and O–H groups in total. The summed E-state index contributed by atoms with van der Waals surface area (Å²) in [5.74, 6) is 3.24. The van der Waals surface area contributed by atoms with Gasteiger partial charge in [0.25, 0.3) is 0 Å². The molecule has 0 bridgehead atoms. The van der Waals surface area contributed by atoms with Crippen molar-refractivity contribution in [2.45, 2.75) is 217 Å². The van der Waals surface area contributed by atoms with Crippen LogP contribution in [0.15, 0.2) is 183 Å². The molecule has 0 radical (unpaired) electrons. The van der Waals surface area contributed by atoms with Gasteiger partial charge in [0.05, 0.1) is 10.9 Å². The van der Waals surface area contributed by atoms with E-state index in [0.717, 1.165) is 249 Å². The third-order valence-electron chi connectivity index (χ3n) is 24.6. The molecule has 2 fully saturated rings. The van der Waals surface area contributed by atoms with Gasteiger partial charge in [-0.2, -0.15) is 0 Å². The molecule has 10 aromatic rings. The Morgan fingerprint density at radius 1 is 0.444 bits per heavy atom. The number of benzene rings is 10. The van der Waals surface area contributed by atoms with Gasteiger partial charge in [-0.1, -0.05) is 152 Å². The van der Waals surface area contributed by atoms with Crippen molar-refractivity contribution in [3.63, 3.8) is 0 Å². The first-order valence-corrected chi connectivity index (χ1v) is 50.2. The van der Waals surface area contributed by atoms with E-state index in [1.54, 1.807) is 32.9 Å². The van der Waals surface area contributed by atoms with Crippen LogP contribution in [0.5, 0.6) is 28.7 Å². The Balaban J connectivity index is 0.000000122. The maximum absolute atomic E-state index is 12.8. The molecule has 2 amide bonds. The number of hydrogen-bond donors (Lipinski definition) is 2. The third-order valence-corrected chi connectivity index (χ3v) is 28.8. The molecule has 10 aromatic carbocycles. The Kier molecular flexibility index (Phi) is 31.7. The average Bonchev–Trinajstić information content (AvgIpc) is 1.73. The molecule has 0 aromatic heterocycles. The Hall–Kier alpha value is -9.33. The number of Topliss-reactive ketones (excluding diaryl/α,β-unsaturated/α-hetero) is 4. The second-order valence-corrected chi connectivity index (χ2v) is 41.8. The second kappa shape index (κ2) is 42.9. The van der Waals surface area contributed by atoms with Gasteiger partial charge in [0.2, 0.25) is 0 Å². The lowest BCUT2D eigenvalue weighted by atomic mass is 9.84. The van der Waals surface area contributed by atoms with Crippen molar-refractivity contribution in [1.82, 2.24) is 9.80 Å². The van der Waals surface area contributed by atoms with E-state index in [1.807, 2.05) is 147 Å². The van der Waals surface area contributed by atoms with Gasteiger partial charge in [-0.15, -0.1) is 0 Å². The number of ether oxygens (including phenoxy) is 6. The second-order valence-electron chi connectivity index (χ2n) is 36.2. The number of nitrogens with zero attached hydrogens (tertiary/aromatic N) is 3. The summed E-state index contributed by atoms with van der Waals surface area (Å²) in [6, 6.07) is 51.8. The summed E-state index contributed by atoms with van der Waals surface area (Å²) in [6.45, 7) is 14.2. The molecule has 1 unspecified atom stereocenters. The summed E-state index contributed by atoms with van der Waals surface area (Å²) in [6.07, 6.45) is 14.5. The normalized spacial score (nSPS) is 17.6. The van der Waals surface area contributed by atoms with Crippen molar-refractivity contribution in [1.29, 1.82) is 0 Å². The standard InChI is InChI=1S/C28H29ClN2O3.C17H12BrClO2.C17H14BrClO2.C17H13ClO2.C10H17NO4.C10H10O2.C7H5Br2Cl/c1-28(2,3)34-27(32)31-10-4-5-25(31)24-13-21-20-14-26-22(12-16(20)6-9-23(21)30-24)19-8-7-18(29)11-17(19)15-33-26;18-15-4-1-9-6-14-12-3-2-11(19)5-10(12)8-21-16(14)7-13(9)17(15)20;18-16-7-5-13(19)8-12(16)10-21-14-6-4-11-2-1-3-17(20)15(11)9-14;18-12-4-5-13-11(6-12)9-20-17-8-14-10(7-15(13)17)2-1-3-16(14)19;1-10(2,3)15-9(14)11-6-4-5-7(11)8(12)13;11-8-5-4-7-2-1-3-10(12)9(7)6-8;8-4-5-3-6(10)1-2-7(5)9/h7-8,11-12,14,25H,4-6,9-10,13,15H2,1-3H3;2-3,5-7,15H,1,4,8H2;4-9H,1-3,10H2;4-8H,1-3,9H2;7H,4-6H2,1-3H3,(H,12,13);4-6,11H,1-3H2;1-3H,4H2/t25-;;;;7-;;/m0...0../s1. The first kappa shape index (κ1) is 98.2. The van der Waals surface area contributed by atoms with E-state index in [1.165, 1.54) is 38.4 Å². The molecule has 3 atom stereocenters. The molecule has 133 heavy (non-hydrogen) atoms. The maximum atomic E-state index is 12.8. The maximum Gasteiger partial charge on any atom is 0.411 e. The van der Waals surface area contributed by atoms with Crippen LogP contribution in [-0.4, -0.2) is 108 Å². The molecule has 21 rings (SSSR count). The van der Waals surface area contributed by atoms with Gasteiger partial charge in [-0.25, -0.2) is 14.4 Å². The summed E-state index contributed by atoms with van der Waals surface area (Å²) in [5, 5.41) is 22.5. The number of rotatable bonds is 6. The number of likely N-dealkylation sites (tertiary alicyclic amines) is 2. The molecular formula is C106H100Br4Cl5N3O15. The van der Waals surface area contributed by atoms with E-state index in [9.17, 15) is 33.6 Å². The molecule has 5 aliphatic carbocycles. The molecule has 6 heterocycles. The quantitative estimate of drug-likeness (QED) is 0.147. The number of aliphatic imine (C=N–C) groups is 1. The van der Waals surface area contributed by atoms with Crippen LogP contribution in [0.2, 0.25) is 25.1 Å². The molecular weight excluding hydrogens is 2050 g/mol. The van der Waals surface area contributed by atoms with E-state index in [2.05, 4.69) is 94.1 Å². The Morgan fingerprint density at radius 3 is 1.41 bits per heavy atom. The Morgan fingerprint density at radius 2 is 0.887 bits per heavy atom. The van der Waals surface area contributed by atoms with E-state index in [-0.39, 0.29) is 45.8 Å². The minimum atomic E-state index is -0.960. The fourth-order valence-corrected chi connectivity index (χ4v) is 21.2. The lowest BCUT2D eigenvalue weighted by Crippen LogP contribution is -2.43. The van der Waals surface area contributed by atoms with Crippen LogP contribution >= 0.6 is 122 Å². The number of carboxylic acid groups (broad SMARTS) is 1. The predicted molar refractivity (Wildman–Crippen MR) is 538 cm³/mol. The monoisotopic (exact) mass is 2150 g/mol. The van der Waals surface area contributed by atoms with E-state index >= 15 is 0 Å². The van der Waals surface area contributed by atoms with Gasteiger partial charge in [0.15, 0.2) is 23.1 Å². The van der Waals surface area contributed by atoms with Crippen LogP contribution < -0.4 is 18.9 Å². The van der Waals surface area contributed by atoms with Gasteiger partial charge in [0, 0.05) is 134 Å². The molecule has 6 aliphatic heterocycles. The zero-order chi connectivity index (χ0) is 94.4. The molecule has 2 saturated heterocycles. The van der Waals surface area contributed by atoms with Crippen LogP contribution in [0.3, 0.4) is 0 Å². The molecule has 0 spiro atoms. The molecule has 11 aliphatic rings. The summed E-state index contributed by atoms with van der Waals surface area (Å²) in [4.78, 5) is 91.0. The highest BCUT2D eigenvalue weighted by molar-refractivity contribution is 9.11. The average molecular weight is 2150 g/mol. The lowest BCUT2D eigenvalue weighted by Gasteiger charge is -2.29. The van der Waals surface area contributed by atoms with Crippen LogP contribution in [0.1, 0.15) is 228 Å². The molecule has 692 valence electrons. The van der Waals surface area contributed by atoms with E-state index in [0.29, 0.717) is 69.2 Å². The highest BCUT2D eigenvalue weighted by Gasteiger charge is 2.41. The minimum absolute atomic E-state index is 0.0226. The van der Waals surface area contributed by atoms with Crippen molar-refractivity contribution in [2.75, 3.05) is 13.1 Å². The van der Waals surface area contributed by atoms with Gasteiger partial charge >= 0.3 is 18.2 Å². The van der Waals surface area contributed by atoms with Gasteiger partial charge in [-0.3, -0.25) is 34.0 Å². The highest BCUT2D eigenvalue weighted by Crippen LogP contribution is 2.49. The number of carbonyl (C=O) groups excluding carboxylic acids is 6. The highest BCUT2D eigenvalue weighted by atomic mass is 79.9. The minimum Gasteiger partial charge on any atom is -0.508 e. The topological polar surface area (TPSA) is 234 Å².